The van der Waals surface area contributed by atoms with Crippen LogP contribution in [0.5, 0.6) is 5.75 Å². The van der Waals surface area contributed by atoms with E-state index in [1.165, 1.54) is 18.2 Å². The van der Waals surface area contributed by atoms with Gasteiger partial charge in [-0.2, -0.15) is 0 Å². The summed E-state index contributed by atoms with van der Waals surface area (Å²) in [6, 6.07) is 8.97. The smallest absolute Gasteiger partial charge is 0.293 e. The number of hydrogen-bond donors (Lipinski definition) is 3. The topological polar surface area (TPSA) is 123 Å². The summed E-state index contributed by atoms with van der Waals surface area (Å²) in [5.41, 5.74) is 1.13. The normalized spacial score (nSPS) is 15.3. The molecule has 0 radical (unpaired) electrons. The second-order valence-corrected chi connectivity index (χ2v) is 5.65. The zero-order valence-corrected chi connectivity index (χ0v) is 14.0. The van der Waals surface area contributed by atoms with Gasteiger partial charge in [-0.3, -0.25) is 19.7 Å². The quantitative estimate of drug-likeness (QED) is 0.572. The van der Waals surface area contributed by atoms with E-state index in [2.05, 4.69) is 16.0 Å². The Balaban J connectivity index is 1.83. The van der Waals surface area contributed by atoms with Crippen molar-refractivity contribution in [1.29, 1.82) is 0 Å². The van der Waals surface area contributed by atoms with Crippen LogP contribution in [-0.2, 0) is 4.79 Å². The van der Waals surface area contributed by atoms with Gasteiger partial charge in [-0.15, -0.1) is 0 Å². The van der Waals surface area contributed by atoms with Crippen molar-refractivity contribution in [3.8, 4) is 5.75 Å². The maximum atomic E-state index is 12.4. The zero-order chi connectivity index (χ0) is 18.8. The molecule has 134 valence electrons. The average Bonchev–Trinajstić information content (AvgIpc) is 2.62. The van der Waals surface area contributed by atoms with E-state index in [9.17, 15) is 19.7 Å². The summed E-state index contributed by atoms with van der Waals surface area (Å²) in [5, 5.41) is 19.2. The van der Waals surface area contributed by atoms with Crippen LogP contribution in [0.1, 0.15) is 17.3 Å². The molecule has 0 saturated carbocycles. The Hall–Kier alpha value is -3.62. The van der Waals surface area contributed by atoms with Crippen molar-refractivity contribution in [2.45, 2.75) is 13.0 Å². The Morgan fingerprint density at radius 2 is 2.04 bits per heavy atom. The SMILES string of the molecule is CNc1ccc(C(=O)Nc2ccc3c(c2)NC(=O)[C@@H](C)O3)cc1[N+](=O)[O-]. The van der Waals surface area contributed by atoms with Crippen LogP contribution in [0.15, 0.2) is 36.4 Å². The minimum atomic E-state index is -0.589. The van der Waals surface area contributed by atoms with Crippen molar-refractivity contribution < 1.29 is 19.2 Å². The Morgan fingerprint density at radius 3 is 2.73 bits per heavy atom. The Bertz CT molecular complexity index is 912. The van der Waals surface area contributed by atoms with Gasteiger partial charge in [0.15, 0.2) is 6.10 Å². The average molecular weight is 356 g/mol. The number of nitro benzene ring substituents is 1. The van der Waals surface area contributed by atoms with Gasteiger partial charge in [-0.1, -0.05) is 0 Å². The lowest BCUT2D eigenvalue weighted by atomic mass is 10.1. The molecule has 26 heavy (non-hydrogen) atoms. The van der Waals surface area contributed by atoms with Gasteiger partial charge in [-0.05, 0) is 37.3 Å². The lowest BCUT2D eigenvalue weighted by Gasteiger charge is -2.23. The number of carbonyl (C=O) groups is 2. The molecule has 0 spiro atoms. The van der Waals surface area contributed by atoms with Crippen molar-refractivity contribution in [3.63, 3.8) is 0 Å². The number of amides is 2. The van der Waals surface area contributed by atoms with E-state index in [-0.39, 0.29) is 17.2 Å². The zero-order valence-electron chi connectivity index (χ0n) is 14.0. The Labute approximate surface area is 148 Å². The van der Waals surface area contributed by atoms with Crippen LogP contribution in [0, 0.1) is 10.1 Å². The molecule has 1 heterocycles. The number of fused-ring (bicyclic) bond motifs is 1. The van der Waals surface area contributed by atoms with Gasteiger partial charge < -0.3 is 20.7 Å². The summed E-state index contributed by atoms with van der Waals surface area (Å²) < 4.78 is 5.45. The van der Waals surface area contributed by atoms with Gasteiger partial charge in [0.05, 0.1) is 10.6 Å². The minimum absolute atomic E-state index is 0.141. The third-order valence-corrected chi connectivity index (χ3v) is 3.89. The number of rotatable bonds is 4. The van der Waals surface area contributed by atoms with E-state index in [1.807, 2.05) is 0 Å². The molecule has 1 aliphatic heterocycles. The molecule has 1 atom stereocenters. The molecule has 1 aliphatic rings. The number of nitrogens with one attached hydrogen (secondary N) is 3. The standard InChI is InChI=1S/C17H16N4O5/c1-9-16(22)20-13-8-11(4-6-15(13)26-9)19-17(23)10-3-5-12(18-2)14(7-10)21(24)25/h3-9,18H,1-2H3,(H,19,23)(H,20,22)/t9-/m1/s1. The molecule has 9 nitrogen and oxygen atoms in total. The molecular weight excluding hydrogens is 340 g/mol. The van der Waals surface area contributed by atoms with Crippen LogP contribution >= 0.6 is 0 Å². The van der Waals surface area contributed by atoms with Crippen molar-refractivity contribution in [2.75, 3.05) is 23.0 Å². The molecule has 0 unspecified atom stereocenters. The van der Waals surface area contributed by atoms with Crippen LogP contribution in [0.2, 0.25) is 0 Å². The summed E-state index contributed by atoms with van der Waals surface area (Å²) in [6.45, 7) is 1.63. The number of anilines is 3. The Morgan fingerprint density at radius 1 is 1.27 bits per heavy atom. The van der Waals surface area contributed by atoms with Crippen LogP contribution in [0.3, 0.4) is 0 Å². The number of ether oxygens (including phenoxy) is 1. The fourth-order valence-electron chi connectivity index (χ4n) is 2.53. The third-order valence-electron chi connectivity index (χ3n) is 3.89. The molecule has 2 aromatic carbocycles. The van der Waals surface area contributed by atoms with Crippen LogP contribution in [0.25, 0.3) is 0 Å². The highest BCUT2D eigenvalue weighted by Gasteiger charge is 2.24. The molecule has 0 aromatic heterocycles. The third kappa shape index (κ3) is 3.27. The number of hydrogen-bond acceptors (Lipinski definition) is 6. The molecular formula is C17H16N4O5. The van der Waals surface area contributed by atoms with Crippen LogP contribution < -0.4 is 20.7 Å². The molecule has 0 bridgehead atoms. The largest absolute Gasteiger partial charge is 0.479 e. The summed E-state index contributed by atoms with van der Waals surface area (Å²) in [7, 11) is 1.56. The van der Waals surface area contributed by atoms with Crippen molar-refractivity contribution >= 4 is 34.6 Å². The van der Waals surface area contributed by atoms with Crippen LogP contribution in [0.4, 0.5) is 22.7 Å². The molecule has 0 saturated heterocycles. The first-order valence-electron chi connectivity index (χ1n) is 7.78. The lowest BCUT2D eigenvalue weighted by molar-refractivity contribution is -0.384. The second-order valence-electron chi connectivity index (χ2n) is 5.65. The monoisotopic (exact) mass is 356 g/mol. The molecule has 2 aromatic rings. The van der Waals surface area contributed by atoms with Gasteiger partial charge in [0.2, 0.25) is 0 Å². The molecule has 3 N–H and O–H groups in total. The molecule has 2 amide bonds. The first-order valence-corrected chi connectivity index (χ1v) is 7.78. The fraction of sp³-hybridized carbons (Fsp3) is 0.176. The first kappa shape index (κ1) is 17.2. The molecule has 0 fully saturated rings. The van der Waals surface area contributed by atoms with E-state index in [4.69, 9.17) is 4.74 Å². The van der Waals surface area contributed by atoms with Gasteiger partial charge >= 0.3 is 0 Å². The highest BCUT2D eigenvalue weighted by Crippen LogP contribution is 2.32. The number of carbonyl (C=O) groups excluding carboxylic acids is 2. The highest BCUT2D eigenvalue weighted by atomic mass is 16.6. The number of nitro groups is 1. The number of benzene rings is 2. The van der Waals surface area contributed by atoms with Crippen molar-refractivity contribution in [1.82, 2.24) is 0 Å². The molecule has 0 aliphatic carbocycles. The van der Waals surface area contributed by atoms with Crippen molar-refractivity contribution in [2.24, 2.45) is 0 Å². The van der Waals surface area contributed by atoms with Crippen molar-refractivity contribution in [3.05, 3.63) is 52.1 Å². The minimum Gasteiger partial charge on any atom is -0.479 e. The molecule has 3 rings (SSSR count). The second kappa shape index (κ2) is 6.71. The number of nitrogens with zero attached hydrogens (tertiary/aromatic N) is 1. The lowest BCUT2D eigenvalue weighted by Crippen LogP contribution is -2.34. The van der Waals surface area contributed by atoms with E-state index in [0.29, 0.717) is 22.8 Å². The van der Waals surface area contributed by atoms with Crippen LogP contribution in [-0.4, -0.2) is 29.9 Å². The van der Waals surface area contributed by atoms with E-state index in [0.717, 1.165) is 0 Å². The maximum absolute atomic E-state index is 12.4. The van der Waals surface area contributed by atoms with Gasteiger partial charge in [0.1, 0.15) is 11.4 Å². The van der Waals surface area contributed by atoms with E-state index < -0.39 is 16.9 Å². The summed E-state index contributed by atoms with van der Waals surface area (Å²) >= 11 is 0. The van der Waals surface area contributed by atoms with Gasteiger partial charge in [-0.25, -0.2) is 0 Å². The maximum Gasteiger partial charge on any atom is 0.293 e. The highest BCUT2D eigenvalue weighted by molar-refractivity contribution is 6.06. The summed E-state index contributed by atoms with van der Waals surface area (Å²) in [6.07, 6.45) is -0.589. The Kier molecular flexibility index (Phi) is 4.44. The van der Waals surface area contributed by atoms with E-state index in [1.54, 1.807) is 32.2 Å². The fourth-order valence-corrected chi connectivity index (χ4v) is 2.53. The predicted octanol–water partition coefficient (Wildman–Crippen LogP) is 2.61. The first-order chi connectivity index (χ1) is 12.4. The predicted molar refractivity (Wildman–Crippen MR) is 95.8 cm³/mol. The summed E-state index contributed by atoms with van der Waals surface area (Å²) in [5.74, 6) is -0.282. The summed E-state index contributed by atoms with van der Waals surface area (Å²) in [4.78, 5) is 34.6. The van der Waals surface area contributed by atoms with E-state index >= 15 is 0 Å². The van der Waals surface area contributed by atoms with Gasteiger partial charge in [0.25, 0.3) is 17.5 Å². The van der Waals surface area contributed by atoms with Gasteiger partial charge in [0, 0.05) is 24.4 Å². The molecule has 9 heteroatoms.